The van der Waals surface area contributed by atoms with Crippen LogP contribution in [0.25, 0.3) is 0 Å². The molecule has 0 bridgehead atoms. The molecule has 138 valence electrons. The summed E-state index contributed by atoms with van der Waals surface area (Å²) in [6, 6.07) is 28.5. The van der Waals surface area contributed by atoms with Crippen LogP contribution in [0.2, 0.25) is 0 Å². The Balaban J connectivity index is 2.15. The molecule has 0 saturated heterocycles. The fourth-order valence-corrected chi connectivity index (χ4v) is 3.14. The molecular weight excluding hydrogens is 340 g/mol. The molecule has 3 rings (SSSR count). The van der Waals surface area contributed by atoms with Gasteiger partial charge in [-0.1, -0.05) is 91.0 Å². The van der Waals surface area contributed by atoms with Crippen LogP contribution in [0.1, 0.15) is 16.7 Å². The molecule has 5 nitrogen and oxygen atoms in total. The Morgan fingerprint density at radius 3 is 1.48 bits per heavy atom. The standard InChI is InChI=1S/C22H22N2O3/c23-20(21(25)27-24)16-26-22(17-10-4-1-5-11-17,18-12-6-2-7-13-18)19-14-8-3-9-15-19/h1-15,20H,16,23-24H2/t20-/m1/s1. The zero-order chi connectivity index (χ0) is 19.1. The molecule has 0 unspecified atom stereocenters. The van der Waals surface area contributed by atoms with Crippen LogP contribution in [0, 0.1) is 0 Å². The van der Waals surface area contributed by atoms with Crippen LogP contribution in [-0.2, 0) is 20.0 Å². The number of rotatable bonds is 7. The minimum atomic E-state index is -0.995. The molecule has 1 atom stereocenters. The first-order chi connectivity index (χ1) is 13.2. The molecule has 0 aromatic heterocycles. The molecule has 0 spiro atoms. The van der Waals surface area contributed by atoms with Gasteiger partial charge in [-0.15, -0.1) is 0 Å². The lowest BCUT2D eigenvalue weighted by atomic mass is 9.80. The summed E-state index contributed by atoms with van der Waals surface area (Å²) in [5.74, 6) is 4.24. The highest BCUT2D eigenvalue weighted by Crippen LogP contribution is 2.40. The molecule has 27 heavy (non-hydrogen) atoms. The predicted molar refractivity (Wildman–Crippen MR) is 103 cm³/mol. The first-order valence-corrected chi connectivity index (χ1v) is 8.65. The van der Waals surface area contributed by atoms with Crippen LogP contribution in [-0.4, -0.2) is 18.6 Å². The minimum Gasteiger partial charge on any atom is -0.372 e. The molecular formula is C22H22N2O3. The highest BCUT2D eigenvalue weighted by molar-refractivity contribution is 5.75. The topological polar surface area (TPSA) is 87.6 Å². The van der Waals surface area contributed by atoms with Crippen molar-refractivity contribution in [2.45, 2.75) is 11.6 Å². The Morgan fingerprint density at radius 2 is 1.15 bits per heavy atom. The van der Waals surface area contributed by atoms with Gasteiger partial charge in [0, 0.05) is 0 Å². The summed E-state index contributed by atoms with van der Waals surface area (Å²) in [5.41, 5.74) is 7.74. The van der Waals surface area contributed by atoms with Crippen molar-refractivity contribution in [1.29, 1.82) is 0 Å². The maximum absolute atomic E-state index is 11.7. The van der Waals surface area contributed by atoms with Crippen LogP contribution in [0.3, 0.4) is 0 Å². The van der Waals surface area contributed by atoms with Crippen molar-refractivity contribution in [3.8, 4) is 0 Å². The van der Waals surface area contributed by atoms with E-state index in [4.69, 9.17) is 16.4 Å². The second-order valence-electron chi connectivity index (χ2n) is 6.13. The first kappa shape index (κ1) is 18.8. The lowest BCUT2D eigenvalue weighted by Gasteiger charge is -2.36. The summed E-state index contributed by atoms with van der Waals surface area (Å²) in [6.07, 6.45) is 0. The van der Waals surface area contributed by atoms with E-state index in [0.29, 0.717) is 0 Å². The number of hydrogen-bond donors (Lipinski definition) is 2. The van der Waals surface area contributed by atoms with Crippen LogP contribution in [0.15, 0.2) is 91.0 Å². The monoisotopic (exact) mass is 362 g/mol. The van der Waals surface area contributed by atoms with Crippen LogP contribution in [0.4, 0.5) is 0 Å². The quantitative estimate of drug-likeness (QED) is 0.498. The van der Waals surface area contributed by atoms with Crippen molar-refractivity contribution in [3.05, 3.63) is 108 Å². The number of carbonyl (C=O) groups excluding carboxylic acids is 1. The van der Waals surface area contributed by atoms with Gasteiger partial charge in [-0.05, 0) is 16.7 Å². The van der Waals surface area contributed by atoms with Crippen LogP contribution < -0.4 is 11.6 Å². The zero-order valence-electron chi connectivity index (χ0n) is 14.8. The fourth-order valence-electron chi connectivity index (χ4n) is 3.14. The lowest BCUT2D eigenvalue weighted by Crippen LogP contribution is -2.42. The van der Waals surface area contributed by atoms with Gasteiger partial charge in [-0.2, -0.15) is 5.90 Å². The summed E-state index contributed by atoms with van der Waals surface area (Å²) in [4.78, 5) is 15.9. The molecule has 4 N–H and O–H groups in total. The molecule has 3 aromatic carbocycles. The van der Waals surface area contributed by atoms with Gasteiger partial charge >= 0.3 is 5.97 Å². The van der Waals surface area contributed by atoms with Gasteiger partial charge in [0.05, 0.1) is 6.61 Å². The molecule has 0 aliphatic carbocycles. The van der Waals surface area contributed by atoms with E-state index < -0.39 is 17.6 Å². The van der Waals surface area contributed by atoms with Gasteiger partial charge in [0.25, 0.3) is 0 Å². The summed E-state index contributed by atoms with van der Waals surface area (Å²) in [7, 11) is 0. The third-order valence-electron chi connectivity index (χ3n) is 4.44. The van der Waals surface area contributed by atoms with E-state index in [2.05, 4.69) is 4.84 Å². The van der Waals surface area contributed by atoms with Gasteiger partial charge in [0.2, 0.25) is 0 Å². The second-order valence-corrected chi connectivity index (χ2v) is 6.13. The second kappa shape index (κ2) is 8.60. The van der Waals surface area contributed by atoms with Crippen molar-refractivity contribution in [3.63, 3.8) is 0 Å². The summed E-state index contributed by atoms with van der Waals surface area (Å²) < 4.78 is 6.39. The Kier molecular flexibility index (Phi) is 5.98. The number of nitrogens with two attached hydrogens (primary N) is 2. The predicted octanol–water partition coefficient (Wildman–Crippen LogP) is 2.74. The third kappa shape index (κ3) is 3.90. The number of hydrogen-bond acceptors (Lipinski definition) is 5. The van der Waals surface area contributed by atoms with E-state index in [0.717, 1.165) is 16.7 Å². The largest absolute Gasteiger partial charge is 0.372 e. The van der Waals surface area contributed by atoms with E-state index in [9.17, 15) is 4.79 Å². The zero-order valence-corrected chi connectivity index (χ0v) is 14.8. The normalized spacial score (nSPS) is 12.4. The SMILES string of the molecule is NOC(=O)[C@H](N)COC(c1ccccc1)(c1ccccc1)c1ccccc1. The Bertz CT molecular complexity index is 758. The van der Waals surface area contributed by atoms with Crippen molar-refractivity contribution < 1.29 is 14.4 Å². The van der Waals surface area contributed by atoms with Crippen molar-refractivity contribution in [2.75, 3.05) is 6.61 Å². The number of benzene rings is 3. The average Bonchev–Trinajstić information content (AvgIpc) is 2.75. The molecule has 0 aliphatic rings. The Hall–Kier alpha value is -2.99. The molecule has 0 radical (unpaired) electrons. The van der Waals surface area contributed by atoms with E-state index in [-0.39, 0.29) is 6.61 Å². The molecule has 0 amide bonds. The third-order valence-corrected chi connectivity index (χ3v) is 4.44. The average molecular weight is 362 g/mol. The van der Waals surface area contributed by atoms with Gasteiger partial charge in [-0.25, -0.2) is 4.79 Å². The molecule has 5 heteroatoms. The number of ether oxygens (including phenoxy) is 1. The van der Waals surface area contributed by atoms with Gasteiger partial charge in [-0.3, -0.25) is 0 Å². The van der Waals surface area contributed by atoms with E-state index >= 15 is 0 Å². The Morgan fingerprint density at radius 1 is 0.778 bits per heavy atom. The molecule has 0 heterocycles. The van der Waals surface area contributed by atoms with Gasteiger partial charge < -0.3 is 15.3 Å². The fraction of sp³-hybridized carbons (Fsp3) is 0.136. The summed E-state index contributed by atoms with van der Waals surface area (Å²) in [5, 5.41) is 0. The molecule has 0 aliphatic heterocycles. The van der Waals surface area contributed by atoms with Crippen LogP contribution >= 0.6 is 0 Å². The highest BCUT2D eigenvalue weighted by Gasteiger charge is 2.38. The van der Waals surface area contributed by atoms with E-state index in [1.165, 1.54) is 0 Å². The maximum Gasteiger partial charge on any atom is 0.343 e. The summed E-state index contributed by atoms with van der Waals surface area (Å²) in [6.45, 7) is -0.0608. The molecule has 0 fully saturated rings. The molecule has 3 aromatic rings. The van der Waals surface area contributed by atoms with E-state index in [1.54, 1.807) is 0 Å². The van der Waals surface area contributed by atoms with Crippen molar-refractivity contribution in [1.82, 2.24) is 0 Å². The smallest absolute Gasteiger partial charge is 0.343 e. The van der Waals surface area contributed by atoms with Gasteiger partial charge in [0.15, 0.2) is 0 Å². The lowest BCUT2D eigenvalue weighted by molar-refractivity contribution is -0.148. The first-order valence-electron chi connectivity index (χ1n) is 8.65. The van der Waals surface area contributed by atoms with Crippen molar-refractivity contribution >= 4 is 5.97 Å². The molecule has 0 saturated carbocycles. The van der Waals surface area contributed by atoms with Crippen molar-refractivity contribution in [2.24, 2.45) is 11.6 Å². The number of carbonyl (C=O) groups is 1. The van der Waals surface area contributed by atoms with Gasteiger partial charge in [0.1, 0.15) is 11.6 Å². The maximum atomic E-state index is 11.7. The Labute approximate surface area is 158 Å². The summed E-state index contributed by atoms with van der Waals surface area (Å²) >= 11 is 0. The highest BCUT2D eigenvalue weighted by atomic mass is 16.7. The van der Waals surface area contributed by atoms with Crippen LogP contribution in [0.5, 0.6) is 0 Å². The van der Waals surface area contributed by atoms with E-state index in [1.807, 2.05) is 91.0 Å². The minimum absolute atomic E-state index is 0.0608.